The zero-order valence-electron chi connectivity index (χ0n) is 13.4. The van der Waals surface area contributed by atoms with Gasteiger partial charge in [0.2, 0.25) is 17.6 Å². The minimum absolute atomic E-state index is 0.195. The van der Waals surface area contributed by atoms with E-state index in [4.69, 9.17) is 27.7 Å². The van der Waals surface area contributed by atoms with Gasteiger partial charge in [0.05, 0.1) is 10.7 Å². The van der Waals surface area contributed by atoms with E-state index < -0.39 is 0 Å². The monoisotopic (exact) mass is 375 g/mol. The molecule has 0 saturated carbocycles. The molecule has 7 heteroatoms. The molecule has 1 N–H and O–H groups in total. The van der Waals surface area contributed by atoms with Gasteiger partial charge < -0.3 is 9.84 Å². The predicted molar refractivity (Wildman–Crippen MR) is 97.9 cm³/mol. The Bertz CT molecular complexity index is 909. The van der Waals surface area contributed by atoms with Crippen LogP contribution in [-0.4, -0.2) is 16.0 Å². The minimum atomic E-state index is -0.195. The molecule has 0 fully saturated rings. The largest absolute Gasteiger partial charge is 0.339 e. The number of carbonyl (C=O) groups is 1. The van der Waals surface area contributed by atoms with Gasteiger partial charge in [0.15, 0.2) is 0 Å². The summed E-state index contributed by atoms with van der Waals surface area (Å²) in [6, 6.07) is 12.7. The second-order valence-electron chi connectivity index (χ2n) is 5.50. The first-order chi connectivity index (χ1) is 12.0. The predicted octanol–water partition coefficient (Wildman–Crippen LogP) is 4.92. The van der Waals surface area contributed by atoms with E-state index in [0.29, 0.717) is 33.9 Å². The summed E-state index contributed by atoms with van der Waals surface area (Å²) in [5.74, 6) is 0.740. The maximum atomic E-state index is 12.1. The number of carbonyl (C=O) groups excluding carboxylic acids is 1. The van der Waals surface area contributed by atoms with Crippen LogP contribution in [0.5, 0.6) is 0 Å². The van der Waals surface area contributed by atoms with Gasteiger partial charge in [-0.2, -0.15) is 4.98 Å². The summed E-state index contributed by atoms with van der Waals surface area (Å²) in [4.78, 5) is 16.4. The van der Waals surface area contributed by atoms with Crippen molar-refractivity contribution in [3.8, 4) is 11.4 Å². The van der Waals surface area contributed by atoms with Crippen LogP contribution in [0, 0.1) is 6.92 Å². The average molecular weight is 376 g/mol. The second kappa shape index (κ2) is 7.68. The van der Waals surface area contributed by atoms with E-state index in [1.54, 1.807) is 18.2 Å². The number of amides is 1. The van der Waals surface area contributed by atoms with E-state index in [2.05, 4.69) is 15.5 Å². The van der Waals surface area contributed by atoms with Crippen LogP contribution in [0.1, 0.15) is 17.9 Å². The van der Waals surface area contributed by atoms with Crippen molar-refractivity contribution in [3.63, 3.8) is 0 Å². The van der Waals surface area contributed by atoms with E-state index >= 15 is 0 Å². The maximum Gasteiger partial charge on any atom is 0.227 e. The van der Waals surface area contributed by atoms with Crippen molar-refractivity contribution in [2.45, 2.75) is 19.8 Å². The Morgan fingerprint density at radius 3 is 2.76 bits per heavy atom. The van der Waals surface area contributed by atoms with Gasteiger partial charge >= 0.3 is 0 Å². The summed E-state index contributed by atoms with van der Waals surface area (Å²) in [6.07, 6.45) is 0.546. The zero-order chi connectivity index (χ0) is 17.8. The van der Waals surface area contributed by atoms with Crippen molar-refractivity contribution in [3.05, 3.63) is 64.0 Å². The average Bonchev–Trinajstić information content (AvgIpc) is 3.05. The van der Waals surface area contributed by atoms with Gasteiger partial charge in [-0.25, -0.2) is 0 Å². The fraction of sp³-hybridized carbons (Fsp3) is 0.167. The van der Waals surface area contributed by atoms with Crippen LogP contribution in [0.15, 0.2) is 47.0 Å². The third-order valence-electron chi connectivity index (χ3n) is 3.63. The Labute approximate surface area is 155 Å². The van der Waals surface area contributed by atoms with E-state index in [9.17, 15) is 4.79 Å². The molecular weight excluding hydrogens is 361 g/mol. The molecule has 0 aliphatic carbocycles. The molecule has 1 amide bonds. The molecule has 0 unspecified atom stereocenters. The molecule has 128 valence electrons. The number of aromatic nitrogens is 2. The minimum Gasteiger partial charge on any atom is -0.339 e. The van der Waals surface area contributed by atoms with Gasteiger partial charge in [0, 0.05) is 23.4 Å². The van der Waals surface area contributed by atoms with Crippen LogP contribution < -0.4 is 5.32 Å². The van der Waals surface area contributed by atoms with Crippen LogP contribution in [0.3, 0.4) is 0 Å². The zero-order valence-corrected chi connectivity index (χ0v) is 14.9. The van der Waals surface area contributed by atoms with E-state index in [1.165, 1.54) is 0 Å². The number of hydrogen-bond acceptors (Lipinski definition) is 4. The summed E-state index contributed by atoms with van der Waals surface area (Å²) in [6.45, 7) is 1.98. The first-order valence-electron chi connectivity index (χ1n) is 7.66. The summed E-state index contributed by atoms with van der Waals surface area (Å²) in [5.41, 5.74) is 2.49. The Hall–Kier alpha value is -2.37. The molecule has 0 atom stereocenters. The quantitative estimate of drug-likeness (QED) is 0.686. The number of nitrogens with zero attached hydrogens (tertiary/aromatic N) is 2. The third-order valence-corrected chi connectivity index (χ3v) is 4.17. The normalized spacial score (nSPS) is 10.7. The van der Waals surface area contributed by atoms with Crippen LogP contribution in [0.2, 0.25) is 10.0 Å². The topological polar surface area (TPSA) is 68.0 Å². The molecule has 0 spiro atoms. The molecule has 0 saturated heterocycles. The van der Waals surface area contributed by atoms with Crippen molar-refractivity contribution >= 4 is 34.8 Å². The molecule has 3 rings (SSSR count). The van der Waals surface area contributed by atoms with Crippen LogP contribution >= 0.6 is 23.2 Å². The molecule has 1 aromatic heterocycles. The summed E-state index contributed by atoms with van der Waals surface area (Å²) >= 11 is 11.9. The van der Waals surface area contributed by atoms with Crippen LogP contribution in [0.25, 0.3) is 11.4 Å². The van der Waals surface area contributed by atoms with Crippen molar-refractivity contribution in [2.75, 3.05) is 5.32 Å². The number of nitrogens with one attached hydrogen (secondary N) is 1. The molecular formula is C18H15Cl2N3O2. The van der Waals surface area contributed by atoms with Crippen LogP contribution in [-0.2, 0) is 11.2 Å². The fourth-order valence-electron chi connectivity index (χ4n) is 2.31. The molecule has 0 aliphatic rings. The third kappa shape index (κ3) is 4.38. The smallest absolute Gasteiger partial charge is 0.227 e. The van der Waals surface area contributed by atoms with Crippen molar-refractivity contribution in [1.29, 1.82) is 0 Å². The van der Waals surface area contributed by atoms with E-state index in [-0.39, 0.29) is 12.3 Å². The molecule has 0 aliphatic heterocycles. The molecule has 5 nitrogen and oxygen atoms in total. The highest BCUT2D eigenvalue weighted by atomic mass is 35.5. The lowest BCUT2D eigenvalue weighted by molar-refractivity contribution is -0.116. The van der Waals surface area contributed by atoms with Gasteiger partial charge in [-0.3, -0.25) is 4.79 Å². The van der Waals surface area contributed by atoms with Gasteiger partial charge in [-0.1, -0.05) is 52.6 Å². The number of hydrogen-bond donors (Lipinski definition) is 1. The Kier molecular flexibility index (Phi) is 5.36. The van der Waals surface area contributed by atoms with Gasteiger partial charge in [0.25, 0.3) is 0 Å². The first-order valence-corrected chi connectivity index (χ1v) is 8.42. The molecule has 0 bridgehead atoms. The fourth-order valence-corrected chi connectivity index (χ4v) is 2.77. The standard InChI is InChI=1S/C18H15Cl2N3O2/c1-11-4-2-3-5-13(11)18-22-17(25-23-18)9-8-16(24)21-15-7-6-12(19)10-14(15)20/h2-7,10H,8-9H2,1H3,(H,21,24). The summed E-state index contributed by atoms with van der Waals surface area (Å²) in [5, 5.41) is 7.62. The summed E-state index contributed by atoms with van der Waals surface area (Å²) < 4.78 is 5.23. The SMILES string of the molecule is Cc1ccccc1-c1noc(CCC(=O)Nc2ccc(Cl)cc2Cl)n1. The Balaban J connectivity index is 1.60. The number of anilines is 1. The summed E-state index contributed by atoms with van der Waals surface area (Å²) in [7, 11) is 0. The van der Waals surface area contributed by atoms with Crippen molar-refractivity contribution in [2.24, 2.45) is 0 Å². The molecule has 0 radical (unpaired) electrons. The van der Waals surface area contributed by atoms with Crippen molar-refractivity contribution in [1.82, 2.24) is 10.1 Å². The van der Waals surface area contributed by atoms with Gasteiger partial charge in [-0.15, -0.1) is 0 Å². The highest BCUT2D eigenvalue weighted by Crippen LogP contribution is 2.25. The number of aryl methyl sites for hydroxylation is 2. The molecule has 3 aromatic rings. The lowest BCUT2D eigenvalue weighted by Crippen LogP contribution is -2.12. The highest BCUT2D eigenvalue weighted by Gasteiger charge is 2.13. The van der Waals surface area contributed by atoms with E-state index in [0.717, 1.165) is 11.1 Å². The first kappa shape index (κ1) is 17.5. The van der Waals surface area contributed by atoms with Gasteiger partial charge in [0.1, 0.15) is 0 Å². The van der Waals surface area contributed by atoms with Crippen molar-refractivity contribution < 1.29 is 9.32 Å². The second-order valence-corrected chi connectivity index (χ2v) is 6.34. The number of halogens is 2. The number of benzene rings is 2. The maximum absolute atomic E-state index is 12.1. The number of rotatable bonds is 5. The van der Waals surface area contributed by atoms with E-state index in [1.807, 2.05) is 31.2 Å². The molecule has 25 heavy (non-hydrogen) atoms. The molecule has 1 heterocycles. The van der Waals surface area contributed by atoms with Crippen LogP contribution in [0.4, 0.5) is 5.69 Å². The Morgan fingerprint density at radius 1 is 1.20 bits per heavy atom. The highest BCUT2D eigenvalue weighted by molar-refractivity contribution is 6.36. The molecule has 2 aromatic carbocycles. The lowest BCUT2D eigenvalue weighted by Gasteiger charge is -2.06. The van der Waals surface area contributed by atoms with Gasteiger partial charge in [-0.05, 0) is 30.7 Å². The lowest BCUT2D eigenvalue weighted by atomic mass is 10.1. The Morgan fingerprint density at radius 2 is 2.00 bits per heavy atom.